The third-order valence-electron chi connectivity index (χ3n) is 13.6. The normalized spacial score (nSPS) is 12.6. The van der Waals surface area contributed by atoms with E-state index in [0.717, 1.165) is 78.3 Å². The lowest BCUT2D eigenvalue weighted by molar-refractivity contribution is 0.436. The Hall–Kier alpha value is -8.99. The highest BCUT2D eigenvalue weighted by atomic mass is 16.5. The van der Waals surface area contributed by atoms with E-state index in [4.69, 9.17) is 19.7 Å². The second-order valence-electron chi connectivity index (χ2n) is 17.5. The number of ether oxygens (including phenoxy) is 1. The molecule has 0 saturated carbocycles. The van der Waals surface area contributed by atoms with Gasteiger partial charge in [0.25, 0.3) is 0 Å². The molecule has 2 heterocycles. The van der Waals surface area contributed by atoms with E-state index in [9.17, 15) is 0 Å². The summed E-state index contributed by atoms with van der Waals surface area (Å²) in [5, 5.41) is 0. The maximum atomic E-state index is 6.79. The van der Waals surface area contributed by atoms with E-state index in [1.54, 1.807) is 0 Å². The summed E-state index contributed by atoms with van der Waals surface area (Å²) in [6.07, 6.45) is 0. The Kier molecular flexibility index (Phi) is 9.36. The van der Waals surface area contributed by atoms with Crippen LogP contribution in [0.1, 0.15) is 22.3 Å². The van der Waals surface area contributed by atoms with E-state index in [2.05, 4.69) is 224 Å². The molecule has 1 aromatic heterocycles. The molecule has 0 N–H and O–H groups in total. The van der Waals surface area contributed by atoms with Crippen LogP contribution in [0.25, 0.3) is 89.8 Å². The second-order valence-corrected chi connectivity index (χ2v) is 17.5. The zero-order chi connectivity index (χ0) is 45.0. The van der Waals surface area contributed by atoms with Crippen molar-refractivity contribution in [2.45, 2.75) is 5.41 Å². The van der Waals surface area contributed by atoms with Crippen molar-refractivity contribution >= 4 is 0 Å². The van der Waals surface area contributed by atoms with Crippen LogP contribution in [0, 0.1) is 0 Å². The molecule has 4 nitrogen and oxygen atoms in total. The van der Waals surface area contributed by atoms with Gasteiger partial charge in [0, 0.05) is 27.8 Å². The van der Waals surface area contributed by atoms with Gasteiger partial charge in [0.15, 0.2) is 17.5 Å². The first-order chi connectivity index (χ1) is 33.7. The van der Waals surface area contributed by atoms with Crippen LogP contribution in [0.3, 0.4) is 0 Å². The molecule has 0 bridgehead atoms. The molecule has 10 aromatic carbocycles. The molecule has 2 aliphatic rings. The molecule has 0 atom stereocenters. The molecule has 1 spiro atoms. The average molecular weight is 868 g/mol. The first kappa shape index (κ1) is 39.4. The van der Waals surface area contributed by atoms with Gasteiger partial charge in [-0.1, -0.05) is 206 Å². The lowest BCUT2D eigenvalue weighted by Crippen LogP contribution is -2.32. The van der Waals surface area contributed by atoms with Crippen LogP contribution < -0.4 is 4.74 Å². The minimum absolute atomic E-state index is 0.611. The summed E-state index contributed by atoms with van der Waals surface area (Å²) < 4.78 is 6.79. The van der Waals surface area contributed by atoms with Crippen molar-refractivity contribution in [3.8, 4) is 101 Å². The van der Waals surface area contributed by atoms with Gasteiger partial charge in [-0.25, -0.2) is 15.0 Å². The van der Waals surface area contributed by atoms with E-state index in [0.29, 0.717) is 17.5 Å². The Balaban J connectivity index is 1.07. The number of para-hydroxylation sites is 2. The minimum atomic E-state index is -0.733. The molecule has 0 fully saturated rings. The van der Waals surface area contributed by atoms with Gasteiger partial charge in [0.1, 0.15) is 11.5 Å². The summed E-state index contributed by atoms with van der Waals surface area (Å²) in [6, 6.07) is 88.2. The molecule has 0 unspecified atom stereocenters. The lowest BCUT2D eigenvalue weighted by atomic mass is 9.66. The van der Waals surface area contributed by atoms with Crippen molar-refractivity contribution in [3.05, 3.63) is 271 Å². The van der Waals surface area contributed by atoms with Crippen LogP contribution in [-0.4, -0.2) is 15.0 Å². The zero-order valence-electron chi connectivity index (χ0n) is 36.9. The van der Waals surface area contributed by atoms with Crippen LogP contribution in [0.5, 0.6) is 11.5 Å². The molecule has 1 aliphatic heterocycles. The maximum Gasteiger partial charge on any atom is 0.164 e. The summed E-state index contributed by atoms with van der Waals surface area (Å²) >= 11 is 0. The van der Waals surface area contributed by atoms with Crippen LogP contribution >= 0.6 is 0 Å². The topological polar surface area (TPSA) is 47.9 Å². The van der Waals surface area contributed by atoms with E-state index in [1.165, 1.54) is 27.8 Å². The Bertz CT molecular complexity index is 3600. The van der Waals surface area contributed by atoms with Gasteiger partial charge in [-0.3, -0.25) is 0 Å². The van der Waals surface area contributed by atoms with Gasteiger partial charge >= 0.3 is 0 Å². The quantitative estimate of drug-likeness (QED) is 0.160. The van der Waals surface area contributed by atoms with Gasteiger partial charge in [-0.05, 0) is 109 Å². The fourth-order valence-electron chi connectivity index (χ4n) is 10.5. The van der Waals surface area contributed by atoms with E-state index in [1.807, 2.05) is 24.3 Å². The molecule has 0 amide bonds. The predicted molar refractivity (Wildman–Crippen MR) is 275 cm³/mol. The van der Waals surface area contributed by atoms with Crippen molar-refractivity contribution in [2.24, 2.45) is 0 Å². The van der Waals surface area contributed by atoms with Crippen molar-refractivity contribution in [3.63, 3.8) is 0 Å². The Labute approximate surface area is 395 Å². The third kappa shape index (κ3) is 6.49. The van der Waals surface area contributed by atoms with Gasteiger partial charge in [0.05, 0.1) is 5.41 Å². The van der Waals surface area contributed by atoms with Crippen LogP contribution in [0.4, 0.5) is 0 Å². The lowest BCUT2D eigenvalue weighted by Gasteiger charge is -2.39. The molecule has 0 radical (unpaired) electrons. The van der Waals surface area contributed by atoms with Crippen LogP contribution in [-0.2, 0) is 5.41 Å². The van der Waals surface area contributed by atoms with E-state index >= 15 is 0 Å². The van der Waals surface area contributed by atoms with Crippen LogP contribution in [0.15, 0.2) is 249 Å². The second kappa shape index (κ2) is 16.2. The first-order valence-corrected chi connectivity index (χ1v) is 23.1. The molecule has 13 rings (SSSR count). The Morgan fingerprint density at radius 3 is 1.26 bits per heavy atom. The summed E-state index contributed by atoms with van der Waals surface area (Å²) in [7, 11) is 0. The molecule has 4 heteroatoms. The van der Waals surface area contributed by atoms with E-state index in [-0.39, 0.29) is 0 Å². The minimum Gasteiger partial charge on any atom is -0.457 e. The smallest absolute Gasteiger partial charge is 0.164 e. The summed E-state index contributed by atoms with van der Waals surface area (Å²) in [5.74, 6) is 3.52. The molecule has 1 aliphatic carbocycles. The molecule has 68 heavy (non-hydrogen) atoms. The largest absolute Gasteiger partial charge is 0.457 e. The SMILES string of the molecule is c1ccc(-c2cc(-c3ccccc3)cc(-c3ccc4c(c3)C3(c5ccccc5Oc5ccccc53)c3cccc(-c5nc(-c6ccccc6)nc(-c6cccc(-c7ccccc7)c6)n5)c3-4)c2)cc1. The van der Waals surface area contributed by atoms with Crippen LogP contribution in [0.2, 0.25) is 0 Å². The number of hydrogen-bond donors (Lipinski definition) is 0. The fourth-order valence-corrected chi connectivity index (χ4v) is 10.5. The molecule has 11 aromatic rings. The number of nitrogens with zero attached hydrogens (tertiary/aromatic N) is 3. The highest BCUT2D eigenvalue weighted by Crippen LogP contribution is 2.63. The van der Waals surface area contributed by atoms with Gasteiger partial charge in [-0.15, -0.1) is 0 Å². The number of hydrogen-bond acceptors (Lipinski definition) is 4. The van der Waals surface area contributed by atoms with Crippen molar-refractivity contribution in [2.75, 3.05) is 0 Å². The number of fused-ring (bicyclic) bond motifs is 9. The summed E-state index contributed by atoms with van der Waals surface area (Å²) in [6.45, 7) is 0. The molecule has 318 valence electrons. The highest BCUT2D eigenvalue weighted by Gasteiger charge is 2.52. The highest BCUT2D eigenvalue weighted by molar-refractivity contribution is 5.97. The molecular formula is C64H41N3O. The number of rotatable bonds is 7. The molecule has 0 saturated heterocycles. The monoisotopic (exact) mass is 867 g/mol. The Morgan fingerprint density at radius 1 is 0.250 bits per heavy atom. The first-order valence-electron chi connectivity index (χ1n) is 23.1. The maximum absolute atomic E-state index is 6.79. The Morgan fingerprint density at radius 2 is 0.662 bits per heavy atom. The number of aromatic nitrogens is 3. The fraction of sp³-hybridized carbons (Fsp3) is 0.0156. The predicted octanol–water partition coefficient (Wildman–Crippen LogP) is 16.0. The van der Waals surface area contributed by atoms with Crippen molar-refractivity contribution in [1.82, 2.24) is 15.0 Å². The number of benzene rings is 10. The van der Waals surface area contributed by atoms with Crippen molar-refractivity contribution in [1.29, 1.82) is 0 Å². The van der Waals surface area contributed by atoms with E-state index < -0.39 is 5.41 Å². The summed E-state index contributed by atoms with van der Waals surface area (Å²) in [5.41, 5.74) is 18.0. The molecular weight excluding hydrogens is 827 g/mol. The standard InChI is InChI=1S/C64H41N3O/c1-5-19-42(20-6-1)46-27-17-28-48(37-46)62-65-61(45-25-11-4-12-26-45)66-63(67-62)53-29-18-32-56-60(53)52-36-35-47(41-57(52)64(56)54-30-13-15-33-58(54)68-59-34-16-14-31-55(59)64)51-39-49(43-21-7-2-8-22-43)38-50(40-51)44-23-9-3-10-24-44/h1-41H. The average Bonchev–Trinajstić information content (AvgIpc) is 3.71. The summed E-state index contributed by atoms with van der Waals surface area (Å²) in [4.78, 5) is 15.9. The van der Waals surface area contributed by atoms with Crippen molar-refractivity contribution < 1.29 is 4.74 Å². The van der Waals surface area contributed by atoms with Gasteiger partial charge in [-0.2, -0.15) is 0 Å². The van der Waals surface area contributed by atoms with Gasteiger partial charge < -0.3 is 4.74 Å². The zero-order valence-corrected chi connectivity index (χ0v) is 36.9. The third-order valence-corrected chi connectivity index (χ3v) is 13.6. The van der Waals surface area contributed by atoms with Gasteiger partial charge in [0.2, 0.25) is 0 Å².